The van der Waals surface area contributed by atoms with Gasteiger partial charge in [0.25, 0.3) is 0 Å². The van der Waals surface area contributed by atoms with Gasteiger partial charge in [0, 0.05) is 5.41 Å². The van der Waals surface area contributed by atoms with Gasteiger partial charge in [0.05, 0.1) is 18.4 Å². The van der Waals surface area contributed by atoms with Crippen LogP contribution in [0.2, 0.25) is 0 Å². The minimum atomic E-state index is -0.438. The second-order valence-electron chi connectivity index (χ2n) is 5.26. The Labute approximate surface area is 113 Å². The molecule has 102 valence electrons. The number of amides is 1. The van der Waals surface area contributed by atoms with Gasteiger partial charge in [0.2, 0.25) is 5.91 Å². The van der Waals surface area contributed by atoms with Crippen molar-refractivity contribution in [2.24, 2.45) is 5.41 Å². The number of para-hydroxylation sites is 1. The molecule has 0 aromatic heterocycles. The highest BCUT2D eigenvalue weighted by molar-refractivity contribution is 6.02. The van der Waals surface area contributed by atoms with Crippen LogP contribution < -0.4 is 5.32 Å². The summed E-state index contributed by atoms with van der Waals surface area (Å²) in [4.78, 5) is 24.0. The number of esters is 1. The second kappa shape index (κ2) is 5.43. The van der Waals surface area contributed by atoms with Gasteiger partial charge in [-0.25, -0.2) is 4.79 Å². The van der Waals surface area contributed by atoms with E-state index < -0.39 is 5.97 Å². The maximum absolute atomic E-state index is 12.3. The molecule has 19 heavy (non-hydrogen) atoms. The molecule has 0 spiro atoms. The lowest BCUT2D eigenvalue weighted by Crippen LogP contribution is -2.31. The number of carbonyl (C=O) groups is 2. The third kappa shape index (κ3) is 2.78. The number of ether oxygens (including phenoxy) is 1. The zero-order valence-corrected chi connectivity index (χ0v) is 11.4. The quantitative estimate of drug-likeness (QED) is 0.851. The molecule has 0 unspecified atom stereocenters. The average molecular weight is 261 g/mol. The second-order valence-corrected chi connectivity index (χ2v) is 5.26. The van der Waals surface area contributed by atoms with Crippen LogP contribution in [0.4, 0.5) is 5.69 Å². The first kappa shape index (κ1) is 13.6. The molecular weight excluding hydrogens is 242 g/mol. The third-order valence-electron chi connectivity index (χ3n) is 3.84. The predicted octanol–water partition coefficient (Wildman–Crippen LogP) is 2.99. The molecule has 0 bridgehead atoms. The van der Waals surface area contributed by atoms with Crippen LogP contribution in [0.25, 0.3) is 0 Å². The van der Waals surface area contributed by atoms with E-state index in [2.05, 4.69) is 5.32 Å². The van der Waals surface area contributed by atoms with Crippen molar-refractivity contribution in [3.05, 3.63) is 29.8 Å². The van der Waals surface area contributed by atoms with Crippen molar-refractivity contribution in [3.63, 3.8) is 0 Å². The lowest BCUT2D eigenvalue weighted by molar-refractivity contribution is -0.124. The molecule has 1 aliphatic carbocycles. The minimum Gasteiger partial charge on any atom is -0.465 e. The summed E-state index contributed by atoms with van der Waals surface area (Å²) < 4.78 is 4.72. The molecular formula is C15H19NO3. The molecule has 1 N–H and O–H groups in total. The van der Waals surface area contributed by atoms with Crippen LogP contribution in [0.15, 0.2) is 24.3 Å². The molecule has 1 aliphatic rings. The molecule has 1 aromatic carbocycles. The van der Waals surface area contributed by atoms with Crippen LogP contribution in [0, 0.1) is 5.41 Å². The van der Waals surface area contributed by atoms with Crippen LogP contribution in [0.5, 0.6) is 0 Å². The Hall–Kier alpha value is -1.84. The first-order valence-corrected chi connectivity index (χ1v) is 6.56. The summed E-state index contributed by atoms with van der Waals surface area (Å²) in [6.07, 6.45) is 3.98. The van der Waals surface area contributed by atoms with E-state index >= 15 is 0 Å². The van der Waals surface area contributed by atoms with E-state index in [1.807, 2.05) is 6.92 Å². The molecule has 1 fully saturated rings. The van der Waals surface area contributed by atoms with Crippen molar-refractivity contribution in [1.29, 1.82) is 0 Å². The fourth-order valence-electron chi connectivity index (χ4n) is 2.54. The molecule has 4 heteroatoms. The summed E-state index contributed by atoms with van der Waals surface area (Å²) in [6.45, 7) is 1.98. The Kier molecular flexibility index (Phi) is 3.88. The number of anilines is 1. The summed E-state index contributed by atoms with van der Waals surface area (Å²) in [5, 5.41) is 2.87. The molecule has 0 heterocycles. The van der Waals surface area contributed by atoms with E-state index in [1.54, 1.807) is 24.3 Å². The fraction of sp³-hybridized carbons (Fsp3) is 0.467. The maximum atomic E-state index is 12.3. The van der Waals surface area contributed by atoms with E-state index in [-0.39, 0.29) is 11.3 Å². The summed E-state index contributed by atoms with van der Waals surface area (Å²) >= 11 is 0. The predicted molar refractivity (Wildman–Crippen MR) is 73.0 cm³/mol. The lowest BCUT2D eigenvalue weighted by Gasteiger charge is -2.22. The highest BCUT2D eigenvalue weighted by Crippen LogP contribution is 2.38. The van der Waals surface area contributed by atoms with Gasteiger partial charge in [-0.2, -0.15) is 0 Å². The third-order valence-corrected chi connectivity index (χ3v) is 3.84. The van der Waals surface area contributed by atoms with Gasteiger partial charge in [0.1, 0.15) is 0 Å². The van der Waals surface area contributed by atoms with Gasteiger partial charge < -0.3 is 10.1 Å². The molecule has 2 rings (SSSR count). The molecule has 1 aromatic rings. The topological polar surface area (TPSA) is 55.4 Å². The van der Waals surface area contributed by atoms with Gasteiger partial charge in [-0.05, 0) is 25.0 Å². The monoisotopic (exact) mass is 261 g/mol. The van der Waals surface area contributed by atoms with Crippen molar-refractivity contribution in [3.8, 4) is 0 Å². The Bertz CT molecular complexity index is 490. The summed E-state index contributed by atoms with van der Waals surface area (Å²) in [5.74, 6) is -0.450. The van der Waals surface area contributed by atoms with Crippen molar-refractivity contribution in [1.82, 2.24) is 0 Å². The normalized spacial score (nSPS) is 16.9. The lowest BCUT2D eigenvalue weighted by atomic mass is 9.87. The highest BCUT2D eigenvalue weighted by atomic mass is 16.5. The van der Waals surface area contributed by atoms with Crippen molar-refractivity contribution in [2.75, 3.05) is 12.4 Å². The van der Waals surface area contributed by atoms with E-state index in [1.165, 1.54) is 7.11 Å². The van der Waals surface area contributed by atoms with Gasteiger partial charge >= 0.3 is 5.97 Å². The molecule has 1 saturated carbocycles. The number of nitrogens with one attached hydrogen (secondary N) is 1. The van der Waals surface area contributed by atoms with E-state index in [9.17, 15) is 9.59 Å². The van der Waals surface area contributed by atoms with Gasteiger partial charge in [-0.15, -0.1) is 0 Å². The highest BCUT2D eigenvalue weighted by Gasteiger charge is 2.36. The van der Waals surface area contributed by atoms with E-state index in [0.717, 1.165) is 25.7 Å². The zero-order chi connectivity index (χ0) is 13.9. The maximum Gasteiger partial charge on any atom is 0.339 e. The number of carbonyl (C=O) groups excluding carboxylic acids is 2. The summed E-state index contributed by atoms with van der Waals surface area (Å²) in [5.41, 5.74) is 0.593. The summed E-state index contributed by atoms with van der Waals surface area (Å²) in [7, 11) is 1.33. The van der Waals surface area contributed by atoms with Gasteiger partial charge in [-0.1, -0.05) is 31.9 Å². The van der Waals surface area contributed by atoms with Gasteiger partial charge in [0.15, 0.2) is 0 Å². The molecule has 4 nitrogen and oxygen atoms in total. The molecule has 0 saturated heterocycles. The largest absolute Gasteiger partial charge is 0.465 e. The SMILES string of the molecule is COC(=O)c1ccccc1NC(=O)C1(C)CCCC1. The Morgan fingerprint density at radius 3 is 2.47 bits per heavy atom. The van der Waals surface area contributed by atoms with Gasteiger partial charge in [-0.3, -0.25) is 4.79 Å². The standard InChI is InChI=1S/C15H19NO3/c1-15(9-5-6-10-15)14(18)16-12-8-4-3-7-11(12)13(17)19-2/h3-4,7-8H,5-6,9-10H2,1-2H3,(H,16,18). The first-order valence-electron chi connectivity index (χ1n) is 6.56. The molecule has 0 radical (unpaired) electrons. The Morgan fingerprint density at radius 1 is 1.21 bits per heavy atom. The van der Waals surface area contributed by atoms with Crippen LogP contribution in [-0.4, -0.2) is 19.0 Å². The van der Waals surface area contributed by atoms with E-state index in [0.29, 0.717) is 11.3 Å². The van der Waals surface area contributed by atoms with Crippen molar-refractivity contribution < 1.29 is 14.3 Å². The van der Waals surface area contributed by atoms with Crippen LogP contribution in [0.1, 0.15) is 43.0 Å². The van der Waals surface area contributed by atoms with Crippen LogP contribution in [-0.2, 0) is 9.53 Å². The molecule has 0 atom stereocenters. The fourth-order valence-corrected chi connectivity index (χ4v) is 2.54. The number of benzene rings is 1. The van der Waals surface area contributed by atoms with Crippen LogP contribution in [0.3, 0.4) is 0 Å². The Morgan fingerprint density at radius 2 is 1.84 bits per heavy atom. The number of hydrogen-bond acceptors (Lipinski definition) is 3. The number of hydrogen-bond donors (Lipinski definition) is 1. The number of methoxy groups -OCH3 is 1. The minimum absolute atomic E-state index is 0.0126. The van der Waals surface area contributed by atoms with Crippen molar-refractivity contribution >= 4 is 17.6 Å². The zero-order valence-electron chi connectivity index (χ0n) is 11.4. The average Bonchev–Trinajstić information content (AvgIpc) is 2.87. The molecule has 0 aliphatic heterocycles. The first-order chi connectivity index (χ1) is 9.07. The molecule has 1 amide bonds. The summed E-state index contributed by atoms with van der Waals surface area (Å²) in [6, 6.07) is 6.92. The van der Waals surface area contributed by atoms with E-state index in [4.69, 9.17) is 4.74 Å². The number of rotatable bonds is 3. The van der Waals surface area contributed by atoms with Crippen molar-refractivity contribution in [2.45, 2.75) is 32.6 Å². The smallest absolute Gasteiger partial charge is 0.339 e. The van der Waals surface area contributed by atoms with Crippen LogP contribution >= 0.6 is 0 Å². The Balaban J connectivity index is 2.19.